The van der Waals surface area contributed by atoms with Crippen LogP contribution in [0.15, 0.2) is 29.5 Å². The smallest absolute Gasteiger partial charge is 0.398 e. The van der Waals surface area contributed by atoms with E-state index in [0.717, 1.165) is 29.5 Å². The van der Waals surface area contributed by atoms with Crippen molar-refractivity contribution in [3.05, 3.63) is 45.6 Å². The molecule has 5 heteroatoms. The first-order valence-electron chi connectivity index (χ1n) is 8.12. The van der Waals surface area contributed by atoms with Crippen molar-refractivity contribution >= 4 is 18.7 Å². The standard InChI is InChI=1S/C18H23BClFO2/c1-11-6-7-13(15(20)10-11)12-8-9-14(12)16(21)19-22-17(2,3)18(4,5)23-19/h6-7,10,12H,8-9H2,1-5H3. The summed E-state index contributed by atoms with van der Waals surface area (Å²) in [6, 6.07) is 5.95. The molecule has 1 aliphatic heterocycles. The van der Waals surface area contributed by atoms with E-state index in [9.17, 15) is 4.39 Å². The lowest BCUT2D eigenvalue weighted by molar-refractivity contribution is 0.00578. The van der Waals surface area contributed by atoms with Gasteiger partial charge in [0.2, 0.25) is 0 Å². The van der Waals surface area contributed by atoms with E-state index in [-0.39, 0.29) is 11.6 Å². The predicted molar refractivity (Wildman–Crippen MR) is 92.4 cm³/mol. The van der Waals surface area contributed by atoms with Gasteiger partial charge in [-0.1, -0.05) is 23.7 Å². The predicted octanol–water partition coefficient (Wildman–Crippen LogP) is 5.38. The topological polar surface area (TPSA) is 18.5 Å². The lowest BCUT2D eigenvalue weighted by atomic mass is 9.69. The van der Waals surface area contributed by atoms with Crippen molar-refractivity contribution in [2.75, 3.05) is 0 Å². The van der Waals surface area contributed by atoms with E-state index < -0.39 is 18.3 Å². The van der Waals surface area contributed by atoms with Crippen LogP contribution in [0.25, 0.3) is 0 Å². The van der Waals surface area contributed by atoms with Crippen molar-refractivity contribution in [2.45, 2.75) is 64.6 Å². The van der Waals surface area contributed by atoms with E-state index >= 15 is 0 Å². The van der Waals surface area contributed by atoms with Crippen LogP contribution in [0.3, 0.4) is 0 Å². The number of hydrogen-bond donors (Lipinski definition) is 0. The summed E-state index contributed by atoms with van der Waals surface area (Å²) in [5, 5.41) is 0.703. The van der Waals surface area contributed by atoms with Crippen LogP contribution < -0.4 is 0 Å². The Kier molecular flexibility index (Phi) is 4.15. The molecule has 1 heterocycles. The average molecular weight is 337 g/mol. The summed E-state index contributed by atoms with van der Waals surface area (Å²) in [5.74, 6) is 0.0297. The summed E-state index contributed by atoms with van der Waals surface area (Å²) in [6.45, 7) is 9.72. The van der Waals surface area contributed by atoms with Gasteiger partial charge in [-0.25, -0.2) is 4.39 Å². The molecule has 2 fully saturated rings. The number of aryl methyl sites for hydroxylation is 1. The first kappa shape index (κ1) is 17.0. The van der Waals surface area contributed by atoms with Gasteiger partial charge < -0.3 is 9.31 Å². The van der Waals surface area contributed by atoms with Crippen molar-refractivity contribution in [3.8, 4) is 0 Å². The Labute approximate surface area is 143 Å². The van der Waals surface area contributed by atoms with Crippen molar-refractivity contribution < 1.29 is 13.7 Å². The fourth-order valence-electron chi connectivity index (χ4n) is 3.07. The second kappa shape index (κ2) is 5.61. The highest BCUT2D eigenvalue weighted by Gasteiger charge is 2.54. The summed E-state index contributed by atoms with van der Waals surface area (Å²) in [4.78, 5) is 0. The molecule has 1 aromatic carbocycles. The lowest BCUT2D eigenvalue weighted by Gasteiger charge is -2.32. The van der Waals surface area contributed by atoms with Gasteiger partial charge in [0.1, 0.15) is 5.73 Å². The van der Waals surface area contributed by atoms with Gasteiger partial charge in [0, 0.05) is 10.9 Å². The molecule has 23 heavy (non-hydrogen) atoms. The Bertz CT molecular complexity index is 653. The second-order valence-electron chi connectivity index (χ2n) is 7.58. The van der Waals surface area contributed by atoms with Gasteiger partial charge in [0.15, 0.2) is 0 Å². The fraction of sp³-hybridized carbons (Fsp3) is 0.556. The molecule has 0 aromatic heterocycles. The van der Waals surface area contributed by atoms with Gasteiger partial charge >= 0.3 is 7.12 Å². The highest BCUT2D eigenvalue weighted by atomic mass is 35.5. The Morgan fingerprint density at radius 1 is 1.22 bits per heavy atom. The molecular formula is C18H23BClFO2. The molecule has 1 saturated heterocycles. The van der Waals surface area contributed by atoms with E-state index in [1.807, 2.05) is 52.8 Å². The van der Waals surface area contributed by atoms with Crippen molar-refractivity contribution in [2.24, 2.45) is 0 Å². The van der Waals surface area contributed by atoms with Crippen LogP contribution >= 0.6 is 11.6 Å². The van der Waals surface area contributed by atoms with Crippen LogP contribution in [0.5, 0.6) is 0 Å². The van der Waals surface area contributed by atoms with Crippen LogP contribution in [0.1, 0.15) is 57.6 Å². The Balaban J connectivity index is 1.87. The zero-order valence-electron chi connectivity index (χ0n) is 14.4. The first-order valence-corrected chi connectivity index (χ1v) is 8.50. The van der Waals surface area contributed by atoms with E-state index in [1.165, 1.54) is 0 Å². The summed E-state index contributed by atoms with van der Waals surface area (Å²) < 4.78 is 26.6. The van der Waals surface area contributed by atoms with Crippen LogP contribution in [-0.4, -0.2) is 18.3 Å². The molecule has 2 nitrogen and oxygen atoms in total. The number of hydrogen-bond acceptors (Lipinski definition) is 2. The molecule has 1 unspecified atom stereocenters. The third-order valence-electron chi connectivity index (χ3n) is 5.42. The molecule has 0 N–H and O–H groups in total. The fourth-order valence-corrected chi connectivity index (χ4v) is 3.44. The largest absolute Gasteiger partial charge is 0.525 e. The van der Waals surface area contributed by atoms with Gasteiger partial charge in [-0.05, 0) is 70.2 Å². The number of halogens is 2. The van der Waals surface area contributed by atoms with Gasteiger partial charge in [-0.3, -0.25) is 0 Å². The molecule has 0 amide bonds. The van der Waals surface area contributed by atoms with Gasteiger partial charge in [-0.15, -0.1) is 0 Å². The minimum absolute atomic E-state index is 0.0297. The third kappa shape index (κ3) is 2.86. The molecule has 3 rings (SSSR count). The zero-order valence-corrected chi connectivity index (χ0v) is 15.1. The van der Waals surface area contributed by atoms with Crippen LogP contribution in [0.2, 0.25) is 5.02 Å². The maximum atomic E-state index is 15.0. The average Bonchev–Trinajstić information content (AvgIpc) is 2.60. The van der Waals surface area contributed by atoms with Crippen LogP contribution in [0, 0.1) is 6.92 Å². The van der Waals surface area contributed by atoms with Gasteiger partial charge in [-0.2, -0.15) is 0 Å². The summed E-state index contributed by atoms with van der Waals surface area (Å²) in [6.07, 6.45) is 1.63. The van der Waals surface area contributed by atoms with Gasteiger partial charge in [0.25, 0.3) is 0 Å². The van der Waals surface area contributed by atoms with Crippen molar-refractivity contribution in [3.63, 3.8) is 0 Å². The molecule has 0 bridgehead atoms. The highest BCUT2D eigenvalue weighted by Crippen LogP contribution is 2.48. The first-order chi connectivity index (χ1) is 10.6. The van der Waals surface area contributed by atoms with Gasteiger partial charge in [0.05, 0.1) is 11.2 Å². The number of allylic oxidation sites excluding steroid dienone is 1. The third-order valence-corrected chi connectivity index (χ3v) is 5.75. The quantitative estimate of drug-likeness (QED) is 0.675. The normalized spacial score (nSPS) is 27.8. The summed E-state index contributed by atoms with van der Waals surface area (Å²) in [7, 11) is -0.915. The number of rotatable bonds is 2. The second-order valence-corrected chi connectivity index (χ2v) is 7.98. The van der Waals surface area contributed by atoms with E-state index in [0.29, 0.717) is 5.02 Å². The van der Waals surface area contributed by atoms with Crippen molar-refractivity contribution in [1.82, 2.24) is 0 Å². The highest BCUT2D eigenvalue weighted by molar-refractivity contribution is 6.54. The molecule has 1 saturated carbocycles. The monoisotopic (exact) mass is 336 g/mol. The Hall–Kier alpha value is -0.835. The molecule has 124 valence electrons. The van der Waals surface area contributed by atoms with Crippen LogP contribution in [-0.2, 0) is 9.31 Å². The number of benzene rings is 1. The molecule has 1 aliphatic carbocycles. The maximum absolute atomic E-state index is 15.0. The van der Waals surface area contributed by atoms with Crippen LogP contribution in [0.4, 0.5) is 4.39 Å². The van der Waals surface area contributed by atoms with E-state index in [2.05, 4.69) is 0 Å². The summed E-state index contributed by atoms with van der Waals surface area (Å²) in [5.41, 5.74) is 1.51. The minimum Gasteiger partial charge on any atom is -0.398 e. The lowest BCUT2D eigenvalue weighted by Crippen LogP contribution is -2.41. The van der Waals surface area contributed by atoms with E-state index in [1.54, 1.807) is 0 Å². The summed E-state index contributed by atoms with van der Waals surface area (Å²) >= 11 is 6.35. The maximum Gasteiger partial charge on any atom is 0.525 e. The molecule has 1 aromatic rings. The molecule has 1 atom stereocenters. The molecule has 0 spiro atoms. The minimum atomic E-state index is -0.915. The molecule has 0 radical (unpaired) electrons. The molecule has 2 aliphatic rings. The Morgan fingerprint density at radius 3 is 2.30 bits per heavy atom. The molecular weight excluding hydrogens is 313 g/mol. The SMILES string of the molecule is Cc1ccc(C2CCC2=C(F)B2OC(C)(C)C(C)(C)O2)c(Cl)c1. The zero-order chi connectivity index (χ0) is 17.0. The Morgan fingerprint density at radius 2 is 1.83 bits per heavy atom. The van der Waals surface area contributed by atoms with Crippen molar-refractivity contribution in [1.29, 1.82) is 0 Å². The van der Waals surface area contributed by atoms with E-state index in [4.69, 9.17) is 20.9 Å².